The van der Waals surface area contributed by atoms with Gasteiger partial charge in [0.15, 0.2) is 0 Å². The fourth-order valence-electron chi connectivity index (χ4n) is 7.14. The van der Waals surface area contributed by atoms with Gasteiger partial charge in [-0.1, -0.05) is 86.6 Å². The molecule has 0 atom stereocenters. The first-order valence-corrected chi connectivity index (χ1v) is 17.9. The predicted molar refractivity (Wildman–Crippen MR) is 211 cm³/mol. The Morgan fingerprint density at radius 1 is 0.358 bits per heavy atom. The third kappa shape index (κ3) is 7.97. The summed E-state index contributed by atoms with van der Waals surface area (Å²) in [5, 5.41) is 64.3. The Balaban J connectivity index is 1.50. The molecule has 53 heavy (non-hydrogen) atoms. The average molecular weight is 709 g/mol. The summed E-state index contributed by atoms with van der Waals surface area (Å²) in [6, 6.07) is 30.2. The van der Waals surface area contributed by atoms with Crippen molar-refractivity contribution < 1.29 is 30.6 Å². The van der Waals surface area contributed by atoms with Crippen LogP contribution in [0.25, 0.3) is 0 Å². The lowest BCUT2D eigenvalue weighted by Gasteiger charge is -2.30. The van der Waals surface area contributed by atoms with Gasteiger partial charge in [0.25, 0.3) is 0 Å². The van der Waals surface area contributed by atoms with Gasteiger partial charge in [0.2, 0.25) is 0 Å². The van der Waals surface area contributed by atoms with Crippen molar-refractivity contribution in [1.82, 2.24) is 0 Å². The van der Waals surface area contributed by atoms with Crippen molar-refractivity contribution >= 4 is 0 Å². The van der Waals surface area contributed by atoms with E-state index in [4.69, 9.17) is 0 Å². The first-order chi connectivity index (χ1) is 25.1. The standard InChI is InChI=1S/C47H48O6/c1-27-15-31(7-11-41(27)48)19-35-23-39(24-36(45(35)52)20-32-8-12-42(49)28(2)16-32)47(5,6)40-25-37(21-33-9-13-43(50)29(3)17-33)46(53)38(26-40)22-34-10-14-44(51)30(4)18-34/h7-18,23-26,48-53H,19-22H2,1-6H3. The van der Waals surface area contributed by atoms with Gasteiger partial charge in [0.1, 0.15) is 34.5 Å². The van der Waals surface area contributed by atoms with E-state index in [1.54, 1.807) is 24.3 Å². The maximum atomic E-state index is 11.8. The van der Waals surface area contributed by atoms with Crippen molar-refractivity contribution in [3.05, 3.63) is 175 Å². The van der Waals surface area contributed by atoms with E-state index >= 15 is 0 Å². The Morgan fingerprint density at radius 3 is 0.792 bits per heavy atom. The van der Waals surface area contributed by atoms with Crippen LogP contribution in [0.1, 0.15) is 91.7 Å². The fourth-order valence-corrected chi connectivity index (χ4v) is 7.14. The van der Waals surface area contributed by atoms with E-state index in [1.807, 2.05) is 76.2 Å². The van der Waals surface area contributed by atoms with Gasteiger partial charge in [-0.3, -0.25) is 0 Å². The van der Waals surface area contributed by atoms with Gasteiger partial charge in [-0.25, -0.2) is 0 Å². The van der Waals surface area contributed by atoms with Crippen LogP contribution in [0, 0.1) is 27.7 Å². The molecular formula is C47H48O6. The average Bonchev–Trinajstić information content (AvgIpc) is 3.11. The van der Waals surface area contributed by atoms with E-state index in [-0.39, 0.29) is 34.5 Å². The second-order valence-corrected chi connectivity index (χ2v) is 15.1. The summed E-state index contributed by atoms with van der Waals surface area (Å²) in [6.45, 7) is 11.7. The molecule has 0 aromatic heterocycles. The molecule has 0 aliphatic rings. The summed E-state index contributed by atoms with van der Waals surface area (Å²) in [7, 11) is 0. The molecule has 6 heteroatoms. The minimum absolute atomic E-state index is 0.207. The van der Waals surface area contributed by atoms with Crippen LogP contribution < -0.4 is 0 Å². The lowest BCUT2D eigenvalue weighted by Crippen LogP contribution is -2.21. The number of aryl methyl sites for hydroxylation is 4. The van der Waals surface area contributed by atoms with E-state index in [0.717, 1.165) is 77.9 Å². The van der Waals surface area contributed by atoms with Crippen molar-refractivity contribution in [3.8, 4) is 34.5 Å². The summed E-state index contributed by atoms with van der Waals surface area (Å²) in [4.78, 5) is 0. The molecule has 0 spiro atoms. The predicted octanol–water partition coefficient (Wildman–Crippen LogP) is 9.84. The zero-order valence-corrected chi connectivity index (χ0v) is 31.2. The van der Waals surface area contributed by atoms with Crippen LogP contribution in [-0.2, 0) is 31.1 Å². The molecular weight excluding hydrogens is 661 g/mol. The summed E-state index contributed by atoms with van der Waals surface area (Å²) in [5.74, 6) is 1.30. The molecule has 272 valence electrons. The van der Waals surface area contributed by atoms with Crippen molar-refractivity contribution in [2.45, 2.75) is 72.6 Å². The van der Waals surface area contributed by atoms with E-state index in [0.29, 0.717) is 25.7 Å². The molecule has 6 aromatic carbocycles. The van der Waals surface area contributed by atoms with E-state index < -0.39 is 5.41 Å². The van der Waals surface area contributed by atoms with Gasteiger partial charge < -0.3 is 30.6 Å². The summed E-state index contributed by atoms with van der Waals surface area (Å²) >= 11 is 0. The minimum Gasteiger partial charge on any atom is -0.508 e. The van der Waals surface area contributed by atoms with Crippen LogP contribution >= 0.6 is 0 Å². The van der Waals surface area contributed by atoms with Gasteiger partial charge in [-0.15, -0.1) is 0 Å². The minimum atomic E-state index is -0.597. The molecule has 0 fully saturated rings. The molecule has 0 radical (unpaired) electrons. The molecule has 6 rings (SSSR count). The Kier molecular flexibility index (Phi) is 10.2. The first kappa shape index (κ1) is 36.9. The number of phenols is 6. The van der Waals surface area contributed by atoms with Gasteiger partial charge in [-0.05, 0) is 130 Å². The molecule has 0 aliphatic carbocycles. The molecule has 6 nitrogen and oxygen atoms in total. The maximum Gasteiger partial charge on any atom is 0.122 e. The maximum absolute atomic E-state index is 11.8. The first-order valence-electron chi connectivity index (χ1n) is 17.9. The number of hydrogen-bond donors (Lipinski definition) is 6. The van der Waals surface area contributed by atoms with Crippen LogP contribution in [0.3, 0.4) is 0 Å². The summed E-state index contributed by atoms with van der Waals surface area (Å²) < 4.78 is 0. The Labute approximate surface area is 311 Å². The van der Waals surface area contributed by atoms with Crippen molar-refractivity contribution in [2.24, 2.45) is 0 Å². The third-order valence-corrected chi connectivity index (χ3v) is 10.6. The van der Waals surface area contributed by atoms with E-state index in [1.165, 1.54) is 0 Å². The zero-order valence-electron chi connectivity index (χ0n) is 31.2. The monoisotopic (exact) mass is 708 g/mol. The largest absolute Gasteiger partial charge is 0.508 e. The molecule has 0 unspecified atom stereocenters. The van der Waals surface area contributed by atoms with Gasteiger partial charge in [0.05, 0.1) is 0 Å². The van der Waals surface area contributed by atoms with Crippen LogP contribution in [0.15, 0.2) is 97.1 Å². The Bertz CT molecular complexity index is 2020. The van der Waals surface area contributed by atoms with Crippen molar-refractivity contribution in [3.63, 3.8) is 0 Å². The topological polar surface area (TPSA) is 121 Å². The Hall–Kier alpha value is -5.88. The second kappa shape index (κ2) is 14.6. The third-order valence-electron chi connectivity index (χ3n) is 10.6. The van der Waals surface area contributed by atoms with Crippen LogP contribution in [-0.4, -0.2) is 30.6 Å². The SMILES string of the molecule is Cc1cc(Cc2cc(C(C)(C)c3cc(Cc4ccc(O)c(C)c4)c(O)c(Cc4ccc(O)c(C)c4)c3)cc(Cc3ccc(O)c(C)c3)c2O)ccc1O. The number of phenolic OH excluding ortho intramolecular Hbond substituents is 6. The number of aromatic hydroxyl groups is 6. The smallest absolute Gasteiger partial charge is 0.122 e. The highest BCUT2D eigenvalue weighted by Gasteiger charge is 2.28. The second-order valence-electron chi connectivity index (χ2n) is 15.1. The molecule has 0 saturated heterocycles. The van der Waals surface area contributed by atoms with Crippen molar-refractivity contribution in [2.75, 3.05) is 0 Å². The highest BCUT2D eigenvalue weighted by molar-refractivity contribution is 5.56. The van der Waals surface area contributed by atoms with Crippen molar-refractivity contribution in [1.29, 1.82) is 0 Å². The number of benzene rings is 6. The molecule has 0 heterocycles. The molecule has 0 aliphatic heterocycles. The van der Waals surface area contributed by atoms with Gasteiger partial charge in [-0.2, -0.15) is 0 Å². The number of rotatable bonds is 10. The zero-order chi connectivity index (χ0) is 38.2. The Morgan fingerprint density at radius 2 is 0.585 bits per heavy atom. The van der Waals surface area contributed by atoms with E-state index in [9.17, 15) is 30.6 Å². The van der Waals surface area contributed by atoms with Crippen LogP contribution in [0.5, 0.6) is 34.5 Å². The fraction of sp³-hybridized carbons (Fsp3) is 0.234. The highest BCUT2D eigenvalue weighted by Crippen LogP contribution is 2.41. The molecule has 6 N–H and O–H groups in total. The molecule has 0 amide bonds. The van der Waals surface area contributed by atoms with E-state index in [2.05, 4.69) is 38.1 Å². The summed E-state index contributed by atoms with van der Waals surface area (Å²) in [6.07, 6.45) is 1.80. The van der Waals surface area contributed by atoms with Crippen LogP contribution in [0.2, 0.25) is 0 Å². The highest BCUT2D eigenvalue weighted by atomic mass is 16.3. The molecule has 0 bridgehead atoms. The van der Waals surface area contributed by atoms with Gasteiger partial charge >= 0.3 is 0 Å². The molecule has 6 aromatic rings. The lowest BCUT2D eigenvalue weighted by molar-refractivity contribution is 0.461. The number of hydrogen-bond acceptors (Lipinski definition) is 6. The molecule has 0 saturated carbocycles. The summed E-state index contributed by atoms with van der Waals surface area (Å²) in [5.41, 5.74) is 11.3. The normalized spacial score (nSPS) is 11.6. The quantitative estimate of drug-likeness (QED) is 0.0843. The van der Waals surface area contributed by atoms with Crippen LogP contribution in [0.4, 0.5) is 0 Å². The van der Waals surface area contributed by atoms with Gasteiger partial charge in [0, 0.05) is 31.1 Å². The lowest BCUT2D eigenvalue weighted by atomic mass is 9.74.